The van der Waals surface area contributed by atoms with Gasteiger partial charge in [0.25, 0.3) is 0 Å². The normalized spacial score (nSPS) is 17.4. The quantitative estimate of drug-likeness (QED) is 0.869. The zero-order valence-electron chi connectivity index (χ0n) is 14.0. The van der Waals surface area contributed by atoms with Crippen LogP contribution in [-0.2, 0) is 4.74 Å². The third kappa shape index (κ3) is 3.94. The Bertz CT molecular complexity index is 721. The molecule has 0 spiro atoms. The van der Waals surface area contributed by atoms with Gasteiger partial charge in [-0.3, -0.25) is 4.79 Å². The molecule has 3 rings (SSSR count). The monoisotopic (exact) mass is 346 g/mol. The van der Waals surface area contributed by atoms with Crippen molar-refractivity contribution in [3.8, 4) is 16.3 Å². The van der Waals surface area contributed by atoms with Crippen molar-refractivity contribution in [3.63, 3.8) is 0 Å². The molecule has 0 aliphatic carbocycles. The lowest BCUT2D eigenvalue weighted by atomic mass is 10.1. The van der Waals surface area contributed by atoms with Crippen LogP contribution < -0.4 is 10.5 Å². The van der Waals surface area contributed by atoms with Crippen molar-refractivity contribution < 1.29 is 14.3 Å². The number of rotatable bonds is 6. The fourth-order valence-corrected chi connectivity index (χ4v) is 3.47. The highest BCUT2D eigenvalue weighted by atomic mass is 32.1. The van der Waals surface area contributed by atoms with Gasteiger partial charge in [0.05, 0.1) is 13.2 Å². The summed E-state index contributed by atoms with van der Waals surface area (Å²) in [6.45, 7) is 6.37. The minimum absolute atomic E-state index is 0.401. The maximum absolute atomic E-state index is 11.6. The summed E-state index contributed by atoms with van der Waals surface area (Å²) in [5.74, 6) is 1.01. The SMILES string of the molecule is CC(C)c1cnc(-c2cc(OC[C@H]3CCOC3)cc(C(N)=O)c2)s1. The maximum Gasteiger partial charge on any atom is 0.248 e. The van der Waals surface area contributed by atoms with E-state index in [1.807, 2.05) is 12.3 Å². The summed E-state index contributed by atoms with van der Waals surface area (Å²) in [4.78, 5) is 17.3. The second-order valence-electron chi connectivity index (χ2n) is 6.37. The van der Waals surface area contributed by atoms with E-state index in [2.05, 4.69) is 18.8 Å². The van der Waals surface area contributed by atoms with Gasteiger partial charge in [-0.1, -0.05) is 13.8 Å². The Morgan fingerprint density at radius 3 is 2.92 bits per heavy atom. The van der Waals surface area contributed by atoms with Crippen molar-refractivity contribution >= 4 is 17.2 Å². The highest BCUT2D eigenvalue weighted by Gasteiger charge is 2.17. The molecule has 1 fully saturated rings. The number of aromatic nitrogens is 1. The molecule has 0 radical (unpaired) electrons. The Morgan fingerprint density at radius 2 is 2.29 bits per heavy atom. The molecular formula is C18H22N2O3S. The van der Waals surface area contributed by atoms with Crippen LogP contribution in [0.3, 0.4) is 0 Å². The smallest absolute Gasteiger partial charge is 0.248 e. The van der Waals surface area contributed by atoms with Crippen molar-refractivity contribution in [2.75, 3.05) is 19.8 Å². The number of thiazole rings is 1. The third-order valence-electron chi connectivity index (χ3n) is 4.04. The first kappa shape index (κ1) is 16.9. The van der Waals surface area contributed by atoms with Gasteiger partial charge in [-0.25, -0.2) is 4.98 Å². The summed E-state index contributed by atoms with van der Waals surface area (Å²) < 4.78 is 11.2. The zero-order valence-corrected chi connectivity index (χ0v) is 14.8. The molecular weight excluding hydrogens is 324 g/mol. The van der Waals surface area contributed by atoms with Gasteiger partial charge < -0.3 is 15.2 Å². The summed E-state index contributed by atoms with van der Waals surface area (Å²) >= 11 is 1.63. The van der Waals surface area contributed by atoms with E-state index in [0.717, 1.165) is 30.2 Å². The van der Waals surface area contributed by atoms with Crippen LogP contribution in [0.5, 0.6) is 5.75 Å². The summed E-state index contributed by atoms with van der Waals surface area (Å²) in [5.41, 5.74) is 6.77. The van der Waals surface area contributed by atoms with Crippen LogP contribution >= 0.6 is 11.3 Å². The number of hydrogen-bond acceptors (Lipinski definition) is 5. The van der Waals surface area contributed by atoms with Crippen molar-refractivity contribution in [3.05, 3.63) is 34.8 Å². The van der Waals surface area contributed by atoms with Crippen LogP contribution in [0.15, 0.2) is 24.4 Å². The van der Waals surface area contributed by atoms with Crippen molar-refractivity contribution in [1.82, 2.24) is 4.98 Å². The number of nitrogens with two attached hydrogens (primary N) is 1. The maximum atomic E-state index is 11.6. The van der Waals surface area contributed by atoms with Gasteiger partial charge in [0.2, 0.25) is 5.91 Å². The number of carbonyl (C=O) groups excluding carboxylic acids is 1. The van der Waals surface area contributed by atoms with E-state index in [-0.39, 0.29) is 0 Å². The Kier molecular flexibility index (Phi) is 5.16. The number of carbonyl (C=O) groups is 1. The van der Waals surface area contributed by atoms with Crippen molar-refractivity contribution in [2.24, 2.45) is 11.7 Å². The molecule has 1 aliphatic rings. The number of benzene rings is 1. The van der Waals surface area contributed by atoms with Crippen LogP contribution in [0, 0.1) is 5.92 Å². The summed E-state index contributed by atoms with van der Waals surface area (Å²) in [7, 11) is 0. The van der Waals surface area contributed by atoms with Crippen LogP contribution in [0.25, 0.3) is 10.6 Å². The van der Waals surface area contributed by atoms with Crippen molar-refractivity contribution in [1.29, 1.82) is 0 Å². The molecule has 1 atom stereocenters. The minimum atomic E-state index is -0.466. The van der Waals surface area contributed by atoms with E-state index in [1.54, 1.807) is 23.5 Å². The Hall–Kier alpha value is -1.92. The fourth-order valence-electron chi connectivity index (χ4n) is 2.56. The highest BCUT2D eigenvalue weighted by Crippen LogP contribution is 2.32. The van der Waals surface area contributed by atoms with E-state index in [9.17, 15) is 4.79 Å². The first-order chi connectivity index (χ1) is 11.5. The molecule has 2 heterocycles. The molecule has 1 aromatic carbocycles. The van der Waals surface area contributed by atoms with Gasteiger partial charge in [-0.05, 0) is 30.5 Å². The van der Waals surface area contributed by atoms with Gasteiger partial charge in [0, 0.05) is 34.7 Å². The standard InChI is InChI=1S/C18H22N2O3S/c1-11(2)16-8-20-18(24-16)14-5-13(17(19)21)6-15(7-14)23-10-12-3-4-22-9-12/h5-8,11-12H,3-4,9-10H2,1-2H3,(H2,19,21)/t12-/m0/s1. The average Bonchev–Trinajstić information content (AvgIpc) is 3.24. The molecule has 0 unspecified atom stereocenters. The van der Waals surface area contributed by atoms with Crippen LogP contribution in [0.2, 0.25) is 0 Å². The summed E-state index contributed by atoms with van der Waals surface area (Å²) in [5, 5.41) is 0.871. The van der Waals surface area contributed by atoms with Gasteiger partial charge in [-0.2, -0.15) is 0 Å². The van der Waals surface area contributed by atoms with Crippen molar-refractivity contribution in [2.45, 2.75) is 26.2 Å². The summed E-state index contributed by atoms with van der Waals surface area (Å²) in [6.07, 6.45) is 2.89. The molecule has 1 saturated heterocycles. The predicted octanol–water partition coefficient (Wildman–Crippen LogP) is 3.45. The average molecular weight is 346 g/mol. The molecule has 2 aromatic rings. The second-order valence-corrected chi connectivity index (χ2v) is 7.44. The third-order valence-corrected chi connectivity index (χ3v) is 5.39. The molecule has 6 heteroatoms. The minimum Gasteiger partial charge on any atom is -0.493 e. The Morgan fingerprint density at radius 1 is 1.46 bits per heavy atom. The lowest BCUT2D eigenvalue weighted by molar-refractivity contribution is 0.0999. The first-order valence-corrected chi connectivity index (χ1v) is 8.96. The molecule has 1 amide bonds. The van der Waals surface area contributed by atoms with E-state index >= 15 is 0 Å². The number of ether oxygens (including phenoxy) is 2. The first-order valence-electron chi connectivity index (χ1n) is 8.14. The van der Waals surface area contributed by atoms with Gasteiger partial charge >= 0.3 is 0 Å². The van der Waals surface area contributed by atoms with Gasteiger partial charge in [0.1, 0.15) is 10.8 Å². The topological polar surface area (TPSA) is 74.4 Å². The number of primary amides is 1. The zero-order chi connectivity index (χ0) is 17.1. The molecule has 1 aliphatic heterocycles. The lowest BCUT2D eigenvalue weighted by Gasteiger charge is -2.12. The molecule has 24 heavy (non-hydrogen) atoms. The van der Waals surface area contributed by atoms with Crippen LogP contribution in [-0.4, -0.2) is 30.7 Å². The van der Waals surface area contributed by atoms with E-state index in [4.69, 9.17) is 15.2 Å². The molecule has 5 nitrogen and oxygen atoms in total. The highest BCUT2D eigenvalue weighted by molar-refractivity contribution is 7.15. The Balaban J connectivity index is 1.85. The number of amides is 1. The van der Waals surface area contributed by atoms with Gasteiger partial charge in [-0.15, -0.1) is 11.3 Å². The van der Waals surface area contributed by atoms with Crippen LogP contribution in [0.4, 0.5) is 0 Å². The van der Waals surface area contributed by atoms with E-state index in [1.165, 1.54) is 4.88 Å². The predicted molar refractivity (Wildman–Crippen MR) is 94.6 cm³/mol. The largest absolute Gasteiger partial charge is 0.493 e. The summed E-state index contributed by atoms with van der Waals surface area (Å²) in [6, 6.07) is 5.39. The fraction of sp³-hybridized carbons (Fsp3) is 0.444. The molecule has 128 valence electrons. The molecule has 0 bridgehead atoms. The van der Waals surface area contributed by atoms with Gasteiger partial charge in [0.15, 0.2) is 0 Å². The van der Waals surface area contributed by atoms with E-state index < -0.39 is 5.91 Å². The molecule has 2 N–H and O–H groups in total. The lowest BCUT2D eigenvalue weighted by Crippen LogP contribution is -2.14. The molecule has 0 saturated carbocycles. The Labute approximate surface area is 145 Å². The number of hydrogen-bond donors (Lipinski definition) is 1. The molecule has 1 aromatic heterocycles. The second kappa shape index (κ2) is 7.32. The van der Waals surface area contributed by atoms with E-state index in [0.29, 0.717) is 29.8 Å². The van der Waals surface area contributed by atoms with Crippen LogP contribution in [0.1, 0.15) is 41.4 Å². The number of nitrogens with zero attached hydrogens (tertiary/aromatic N) is 1.